The van der Waals surface area contributed by atoms with Crippen molar-refractivity contribution in [2.45, 2.75) is 56.2 Å². The van der Waals surface area contributed by atoms with Crippen LogP contribution in [0.2, 0.25) is 5.02 Å². The van der Waals surface area contributed by atoms with Crippen LogP contribution in [0.3, 0.4) is 0 Å². The number of likely N-dealkylation sites (tertiary alicyclic amines) is 1. The number of aromatic nitrogens is 2. The Labute approximate surface area is 240 Å². The summed E-state index contributed by atoms with van der Waals surface area (Å²) in [7, 11) is 0. The first-order valence-electron chi connectivity index (χ1n) is 13.7. The maximum atomic E-state index is 13.4. The van der Waals surface area contributed by atoms with Crippen molar-refractivity contribution in [3.05, 3.63) is 81.9 Å². The fourth-order valence-corrected chi connectivity index (χ4v) is 6.96. The number of imidazole rings is 1. The molecule has 0 saturated carbocycles. The molecule has 39 heavy (non-hydrogen) atoms. The maximum Gasteiger partial charge on any atom is 0.326 e. The molecule has 2 aromatic carbocycles. The molecule has 1 aromatic heterocycles. The normalized spacial score (nSPS) is 20.3. The molecule has 2 aliphatic heterocycles. The molecular formula is C30H37ClN4O3S. The summed E-state index contributed by atoms with van der Waals surface area (Å²) in [6, 6.07) is 17.5. The third kappa shape index (κ3) is 6.28. The Morgan fingerprint density at radius 2 is 1.77 bits per heavy atom. The fourth-order valence-electron chi connectivity index (χ4n) is 5.36. The summed E-state index contributed by atoms with van der Waals surface area (Å²) < 4.78 is 1.77. The average molecular weight is 569 g/mol. The van der Waals surface area contributed by atoms with Crippen LogP contribution in [0.5, 0.6) is 0 Å². The van der Waals surface area contributed by atoms with Crippen LogP contribution >= 0.6 is 23.4 Å². The number of piperidine rings is 1. The molecule has 2 amide bonds. The molecule has 3 heterocycles. The van der Waals surface area contributed by atoms with Crippen molar-refractivity contribution >= 4 is 35.2 Å². The summed E-state index contributed by atoms with van der Waals surface area (Å²) in [4.78, 5) is 46.2. The number of hydrogen-bond acceptors (Lipinski definition) is 4. The molecule has 1 N–H and O–H groups in total. The van der Waals surface area contributed by atoms with E-state index in [0.717, 1.165) is 23.2 Å². The highest BCUT2D eigenvalue weighted by atomic mass is 35.5. The Kier molecular flexibility index (Phi) is 8.52. The minimum absolute atomic E-state index is 0. The van der Waals surface area contributed by atoms with Crippen molar-refractivity contribution in [2.75, 3.05) is 19.6 Å². The van der Waals surface area contributed by atoms with Gasteiger partial charge in [-0.15, -0.1) is 11.8 Å². The topological polar surface area (TPSA) is 78.4 Å². The molecule has 9 heteroatoms. The van der Waals surface area contributed by atoms with Gasteiger partial charge in [0.2, 0.25) is 11.8 Å². The number of carbonyl (C=O) groups excluding carboxylic acids is 2. The quantitative estimate of drug-likeness (QED) is 0.362. The lowest BCUT2D eigenvalue weighted by Gasteiger charge is -2.32. The molecule has 0 radical (unpaired) electrons. The fraction of sp³-hybridized carbons (Fsp3) is 0.433. The third-order valence-electron chi connectivity index (χ3n) is 7.64. The molecule has 3 aromatic rings. The molecule has 2 aliphatic rings. The summed E-state index contributed by atoms with van der Waals surface area (Å²) >= 11 is 7.66. The van der Waals surface area contributed by atoms with E-state index in [1.165, 1.54) is 0 Å². The van der Waals surface area contributed by atoms with Crippen LogP contribution < -0.4 is 5.69 Å². The summed E-state index contributed by atoms with van der Waals surface area (Å²) in [6.45, 7) is 6.12. The largest absolute Gasteiger partial charge is 0.342 e. The van der Waals surface area contributed by atoms with Crippen LogP contribution in [-0.4, -0.2) is 56.0 Å². The van der Waals surface area contributed by atoms with Gasteiger partial charge in [0.25, 0.3) is 0 Å². The predicted molar refractivity (Wildman–Crippen MR) is 159 cm³/mol. The van der Waals surface area contributed by atoms with Crippen molar-refractivity contribution < 1.29 is 11.0 Å². The highest BCUT2D eigenvalue weighted by molar-refractivity contribution is 8.01. The van der Waals surface area contributed by atoms with E-state index in [4.69, 9.17) is 11.6 Å². The van der Waals surface area contributed by atoms with E-state index in [1.807, 2.05) is 70.6 Å². The number of hydrogen-bond donors (Lipinski definition) is 1. The average Bonchev–Trinajstić information content (AvgIpc) is 3.48. The third-order valence-corrected chi connectivity index (χ3v) is 9.37. The number of aromatic amines is 1. The Morgan fingerprint density at radius 3 is 2.44 bits per heavy atom. The number of nitrogens with one attached hydrogen (secondary N) is 1. The van der Waals surface area contributed by atoms with E-state index in [1.54, 1.807) is 16.3 Å². The van der Waals surface area contributed by atoms with Gasteiger partial charge in [-0.25, -0.2) is 4.79 Å². The summed E-state index contributed by atoms with van der Waals surface area (Å²) in [5, 5.41) is 0.148. The smallest absolute Gasteiger partial charge is 0.326 e. The van der Waals surface area contributed by atoms with Gasteiger partial charge in [-0.1, -0.05) is 67.9 Å². The summed E-state index contributed by atoms with van der Waals surface area (Å²) in [6.07, 6.45) is 4.40. The Bertz CT molecular complexity index is 1350. The number of amides is 2. The van der Waals surface area contributed by atoms with Gasteiger partial charge >= 0.3 is 5.69 Å². The molecule has 7 nitrogen and oxygen atoms in total. The van der Waals surface area contributed by atoms with Crippen molar-refractivity contribution in [1.82, 2.24) is 19.4 Å². The zero-order chi connectivity index (χ0) is 27.5. The van der Waals surface area contributed by atoms with Crippen LogP contribution in [0.25, 0.3) is 11.3 Å². The molecule has 0 spiro atoms. The highest BCUT2D eigenvalue weighted by Crippen LogP contribution is 2.45. The van der Waals surface area contributed by atoms with Gasteiger partial charge in [0.05, 0.1) is 10.9 Å². The van der Waals surface area contributed by atoms with Crippen LogP contribution in [0.15, 0.2) is 65.6 Å². The number of thioether (sulfide) groups is 1. The molecule has 2 atom stereocenters. The van der Waals surface area contributed by atoms with Crippen molar-refractivity contribution in [1.29, 1.82) is 0 Å². The van der Waals surface area contributed by atoms with E-state index in [9.17, 15) is 14.4 Å². The highest BCUT2D eigenvalue weighted by Gasteiger charge is 2.42. The van der Waals surface area contributed by atoms with E-state index < -0.39 is 5.25 Å². The monoisotopic (exact) mass is 568 g/mol. The SMILES string of the molecule is CC(C)CCN1C(=O)C(CC(=O)N2CCC(n3cc(-c4ccccc4)[nH]c3=O)CC2)SC1c1ccc(Cl)cc1.[HH]. The zero-order valence-corrected chi connectivity index (χ0v) is 24.0. The van der Waals surface area contributed by atoms with E-state index in [-0.39, 0.29) is 36.8 Å². The number of halogens is 1. The van der Waals surface area contributed by atoms with Gasteiger partial charge in [0, 0.05) is 44.7 Å². The maximum absolute atomic E-state index is 13.4. The van der Waals surface area contributed by atoms with Gasteiger partial charge in [0.15, 0.2) is 0 Å². The molecule has 2 fully saturated rings. The Hall–Kier alpha value is -2.97. The minimum atomic E-state index is -0.399. The Balaban J connectivity index is 0.00000370. The molecule has 0 aliphatic carbocycles. The van der Waals surface area contributed by atoms with Crippen LogP contribution in [0, 0.1) is 5.92 Å². The molecule has 2 unspecified atom stereocenters. The molecule has 208 valence electrons. The van der Waals surface area contributed by atoms with Gasteiger partial charge in [0.1, 0.15) is 5.37 Å². The lowest BCUT2D eigenvalue weighted by Crippen LogP contribution is -2.42. The van der Waals surface area contributed by atoms with Crippen molar-refractivity contribution in [2.24, 2.45) is 5.92 Å². The second-order valence-corrected chi connectivity index (χ2v) is 12.5. The lowest BCUT2D eigenvalue weighted by molar-refractivity contribution is -0.136. The van der Waals surface area contributed by atoms with Crippen LogP contribution in [-0.2, 0) is 9.59 Å². The second kappa shape index (κ2) is 12.0. The first-order chi connectivity index (χ1) is 18.8. The first-order valence-corrected chi connectivity index (χ1v) is 15.0. The Morgan fingerprint density at radius 1 is 1.08 bits per heavy atom. The summed E-state index contributed by atoms with van der Waals surface area (Å²) in [5.74, 6) is 0.523. The van der Waals surface area contributed by atoms with E-state index in [2.05, 4.69) is 18.8 Å². The predicted octanol–water partition coefficient (Wildman–Crippen LogP) is 5.99. The van der Waals surface area contributed by atoms with E-state index in [0.29, 0.717) is 43.4 Å². The lowest BCUT2D eigenvalue weighted by atomic mass is 10.0. The van der Waals surface area contributed by atoms with Gasteiger partial charge in [-0.3, -0.25) is 14.2 Å². The number of carbonyl (C=O) groups is 2. The van der Waals surface area contributed by atoms with Gasteiger partial charge in [-0.2, -0.15) is 0 Å². The number of nitrogens with zero attached hydrogens (tertiary/aromatic N) is 3. The number of rotatable bonds is 8. The molecule has 0 bridgehead atoms. The van der Waals surface area contributed by atoms with Gasteiger partial charge in [-0.05, 0) is 48.4 Å². The second-order valence-electron chi connectivity index (χ2n) is 10.8. The van der Waals surface area contributed by atoms with Crippen molar-refractivity contribution in [3.63, 3.8) is 0 Å². The van der Waals surface area contributed by atoms with Crippen LogP contribution in [0.1, 0.15) is 57.9 Å². The van der Waals surface area contributed by atoms with Gasteiger partial charge < -0.3 is 14.8 Å². The van der Waals surface area contributed by atoms with Crippen LogP contribution in [0.4, 0.5) is 0 Å². The molecule has 2 saturated heterocycles. The standard InChI is InChI=1S/C30H35ClN4O3S.H2/c1-20(2)12-17-34-28(37)26(39-29(34)22-8-10-23(31)11-9-22)18-27(36)33-15-13-24(14-16-33)35-19-25(32-30(35)38)21-6-4-3-5-7-21;/h3-11,19-20,24,26,29H,12-18H2,1-2H3,(H,32,38);1H. The first kappa shape index (κ1) is 27.6. The molecule has 5 rings (SSSR count). The number of H-pyrrole nitrogens is 1. The molecular weight excluding hydrogens is 532 g/mol. The zero-order valence-electron chi connectivity index (χ0n) is 22.4. The van der Waals surface area contributed by atoms with Crippen molar-refractivity contribution in [3.8, 4) is 11.3 Å². The minimum Gasteiger partial charge on any atom is -0.342 e. The number of benzene rings is 2. The summed E-state index contributed by atoms with van der Waals surface area (Å²) in [5.41, 5.74) is 2.68. The van der Waals surface area contributed by atoms with E-state index >= 15 is 0 Å².